The molecule has 5 nitrogen and oxygen atoms in total. The van der Waals surface area contributed by atoms with E-state index in [0.29, 0.717) is 5.69 Å². The Hall–Kier alpha value is -3.08. The Morgan fingerprint density at radius 3 is 2.00 bits per heavy atom. The summed E-state index contributed by atoms with van der Waals surface area (Å²) in [7, 11) is 0. The van der Waals surface area contributed by atoms with Gasteiger partial charge in [0.1, 0.15) is 17.1 Å². The van der Waals surface area contributed by atoms with Gasteiger partial charge in [0, 0.05) is 5.69 Å². The first-order valence-electron chi connectivity index (χ1n) is 7.85. The topological polar surface area (TPSA) is 78.4 Å². The van der Waals surface area contributed by atoms with Crippen LogP contribution in [0, 0.1) is 0 Å². The van der Waals surface area contributed by atoms with E-state index in [0.717, 1.165) is 24.1 Å². The summed E-state index contributed by atoms with van der Waals surface area (Å²) >= 11 is 0. The van der Waals surface area contributed by atoms with Gasteiger partial charge in [0.05, 0.1) is 5.69 Å². The highest BCUT2D eigenvalue weighted by molar-refractivity contribution is 5.83. The molecular weight excluding hydrogens is 304 g/mol. The monoisotopic (exact) mass is 322 g/mol. The zero-order chi connectivity index (χ0) is 17.1. The number of aromatic hydroxyl groups is 1. The number of nitrogens with one attached hydrogen (secondary N) is 2. The van der Waals surface area contributed by atoms with Crippen molar-refractivity contribution in [1.82, 2.24) is 0 Å². The quantitative estimate of drug-likeness (QED) is 0.479. The second kappa shape index (κ2) is 6.58. The molecule has 0 heterocycles. The molecule has 5 heteroatoms. The molecule has 0 saturated carbocycles. The van der Waals surface area contributed by atoms with E-state index < -0.39 is 10.9 Å². The average Bonchev–Trinajstić information content (AvgIpc) is 2.60. The van der Waals surface area contributed by atoms with Gasteiger partial charge in [-0.3, -0.25) is 9.59 Å². The highest BCUT2D eigenvalue weighted by atomic mass is 16.3. The third kappa shape index (κ3) is 2.88. The van der Waals surface area contributed by atoms with Crippen molar-refractivity contribution in [2.45, 2.75) is 19.8 Å². The molecule has 3 rings (SSSR count). The van der Waals surface area contributed by atoms with Crippen molar-refractivity contribution in [3.05, 3.63) is 74.5 Å². The molecule has 0 atom stereocenters. The van der Waals surface area contributed by atoms with Crippen molar-refractivity contribution in [3.8, 4) is 5.75 Å². The molecule has 0 amide bonds. The lowest BCUT2D eigenvalue weighted by Crippen LogP contribution is -2.35. The van der Waals surface area contributed by atoms with Crippen LogP contribution in [0.2, 0.25) is 0 Å². The predicted molar refractivity (Wildman–Crippen MR) is 96.5 cm³/mol. The summed E-state index contributed by atoms with van der Waals surface area (Å²) in [4.78, 5) is 23.8. The van der Waals surface area contributed by atoms with Crippen LogP contribution >= 0.6 is 0 Å². The molecule has 0 spiro atoms. The molecule has 3 aromatic carbocycles. The number of phenolic OH excluding ortho intramolecular Hbond substituents is 1. The number of hydrogen-bond donors (Lipinski definition) is 3. The van der Waals surface area contributed by atoms with E-state index in [4.69, 9.17) is 0 Å². The highest BCUT2D eigenvalue weighted by Crippen LogP contribution is 2.30. The van der Waals surface area contributed by atoms with Gasteiger partial charge in [-0.15, -0.1) is 0 Å². The molecule has 122 valence electrons. The van der Waals surface area contributed by atoms with Gasteiger partial charge in [0.25, 0.3) is 10.9 Å². The molecule has 0 aliphatic carbocycles. The van der Waals surface area contributed by atoms with Gasteiger partial charge < -0.3 is 15.7 Å². The normalized spacial score (nSPS) is 10.7. The molecular formula is C19H18N2O3. The SMILES string of the molecule is CCCc1ccccc1Nc1c(Nc2ccccc2O)c(=O)c1=O. The zero-order valence-corrected chi connectivity index (χ0v) is 13.3. The molecule has 24 heavy (non-hydrogen) atoms. The largest absolute Gasteiger partial charge is 0.506 e. The van der Waals surface area contributed by atoms with Crippen LogP contribution in [0.1, 0.15) is 18.9 Å². The van der Waals surface area contributed by atoms with Crippen molar-refractivity contribution in [2.24, 2.45) is 0 Å². The number of rotatable bonds is 6. The minimum Gasteiger partial charge on any atom is -0.506 e. The van der Waals surface area contributed by atoms with Gasteiger partial charge in [-0.1, -0.05) is 43.7 Å². The van der Waals surface area contributed by atoms with Crippen LogP contribution in [0.25, 0.3) is 0 Å². The molecule has 0 saturated heterocycles. The lowest BCUT2D eigenvalue weighted by Gasteiger charge is -2.17. The molecule has 3 aromatic rings. The molecule has 0 bridgehead atoms. The van der Waals surface area contributed by atoms with Gasteiger partial charge in [-0.2, -0.15) is 0 Å². The van der Waals surface area contributed by atoms with Gasteiger partial charge in [-0.25, -0.2) is 0 Å². The third-order valence-electron chi connectivity index (χ3n) is 3.87. The molecule has 0 fully saturated rings. The van der Waals surface area contributed by atoms with Crippen molar-refractivity contribution in [1.29, 1.82) is 0 Å². The minimum atomic E-state index is -0.589. The number of phenols is 1. The van der Waals surface area contributed by atoms with E-state index in [1.165, 1.54) is 6.07 Å². The van der Waals surface area contributed by atoms with E-state index in [9.17, 15) is 14.7 Å². The minimum absolute atomic E-state index is 0.0166. The first-order chi connectivity index (χ1) is 11.6. The number of anilines is 4. The van der Waals surface area contributed by atoms with Crippen LogP contribution in [0.4, 0.5) is 22.7 Å². The summed E-state index contributed by atoms with van der Waals surface area (Å²) in [5.74, 6) is 0.0166. The van der Waals surface area contributed by atoms with Crippen LogP contribution < -0.4 is 21.5 Å². The van der Waals surface area contributed by atoms with Crippen molar-refractivity contribution in [3.63, 3.8) is 0 Å². The van der Waals surface area contributed by atoms with Crippen molar-refractivity contribution in [2.75, 3.05) is 10.6 Å². The van der Waals surface area contributed by atoms with Crippen LogP contribution in [0.5, 0.6) is 5.75 Å². The summed E-state index contributed by atoms with van der Waals surface area (Å²) in [6.45, 7) is 2.08. The van der Waals surface area contributed by atoms with Crippen molar-refractivity contribution < 1.29 is 5.11 Å². The number of aryl methyl sites for hydroxylation is 1. The maximum absolute atomic E-state index is 11.9. The fraction of sp³-hybridized carbons (Fsp3) is 0.158. The Kier molecular flexibility index (Phi) is 4.33. The number of benzene rings is 2. The molecule has 0 unspecified atom stereocenters. The third-order valence-corrected chi connectivity index (χ3v) is 3.87. The standard InChI is InChI=1S/C19H18N2O3/c1-2-7-12-8-3-4-9-13(12)20-16-17(19(24)18(16)23)21-14-10-5-6-11-15(14)22/h3-6,8-11,20-22H,2,7H2,1H3. The molecule has 0 aromatic heterocycles. The summed E-state index contributed by atoms with van der Waals surface area (Å²) in [5, 5.41) is 15.7. The first-order valence-corrected chi connectivity index (χ1v) is 7.85. The zero-order valence-electron chi connectivity index (χ0n) is 13.3. The Labute approximate surface area is 139 Å². The van der Waals surface area contributed by atoms with E-state index >= 15 is 0 Å². The van der Waals surface area contributed by atoms with Crippen molar-refractivity contribution >= 4 is 22.7 Å². The highest BCUT2D eigenvalue weighted by Gasteiger charge is 2.22. The summed E-state index contributed by atoms with van der Waals surface area (Å²) in [6.07, 6.45) is 1.86. The second-order valence-electron chi connectivity index (χ2n) is 5.58. The van der Waals surface area contributed by atoms with Crippen LogP contribution in [-0.2, 0) is 6.42 Å². The Morgan fingerprint density at radius 1 is 0.833 bits per heavy atom. The van der Waals surface area contributed by atoms with Crippen LogP contribution in [0.15, 0.2) is 58.1 Å². The second-order valence-corrected chi connectivity index (χ2v) is 5.58. The van der Waals surface area contributed by atoms with Crippen LogP contribution in [-0.4, -0.2) is 5.11 Å². The van der Waals surface area contributed by atoms with Gasteiger partial charge in [-0.05, 0) is 30.2 Å². The molecule has 0 radical (unpaired) electrons. The fourth-order valence-electron chi connectivity index (χ4n) is 2.61. The number of hydrogen-bond acceptors (Lipinski definition) is 5. The lowest BCUT2D eigenvalue weighted by molar-refractivity contribution is 0.478. The Balaban J connectivity index is 1.91. The summed E-state index contributed by atoms with van der Waals surface area (Å²) in [5.41, 5.74) is 1.54. The van der Waals surface area contributed by atoms with E-state index in [1.807, 2.05) is 24.3 Å². The summed E-state index contributed by atoms with van der Waals surface area (Å²) in [6, 6.07) is 14.3. The van der Waals surface area contributed by atoms with Gasteiger partial charge in [0.15, 0.2) is 0 Å². The first kappa shape index (κ1) is 15.8. The van der Waals surface area contributed by atoms with E-state index in [2.05, 4.69) is 17.6 Å². The molecule has 0 aliphatic rings. The fourth-order valence-corrected chi connectivity index (χ4v) is 2.61. The predicted octanol–water partition coefficient (Wildman–Crippen LogP) is 3.43. The van der Waals surface area contributed by atoms with Gasteiger partial charge >= 0.3 is 0 Å². The average molecular weight is 322 g/mol. The Morgan fingerprint density at radius 2 is 1.38 bits per heavy atom. The Bertz CT molecular complexity index is 940. The number of para-hydroxylation sites is 3. The molecule has 0 aliphatic heterocycles. The maximum atomic E-state index is 11.9. The maximum Gasteiger partial charge on any atom is 0.253 e. The molecule has 3 N–H and O–H groups in total. The van der Waals surface area contributed by atoms with E-state index in [1.54, 1.807) is 18.2 Å². The lowest BCUT2D eigenvalue weighted by atomic mass is 10.1. The van der Waals surface area contributed by atoms with E-state index in [-0.39, 0.29) is 17.1 Å². The summed E-state index contributed by atoms with van der Waals surface area (Å²) < 4.78 is 0. The van der Waals surface area contributed by atoms with Crippen LogP contribution in [0.3, 0.4) is 0 Å². The van der Waals surface area contributed by atoms with Gasteiger partial charge in [0.2, 0.25) is 0 Å². The smallest absolute Gasteiger partial charge is 0.253 e.